The molecular formula is C16H21ClF3N. The fraction of sp³-hybridized carbons (Fsp3) is 0.625. The molecule has 1 aliphatic rings. The molecule has 1 N–H and O–H groups in total. The number of rotatable bonds is 3. The minimum atomic E-state index is -4.35. The summed E-state index contributed by atoms with van der Waals surface area (Å²) in [6.45, 7) is 4.44. The molecule has 1 aromatic rings. The molecule has 1 aliphatic carbocycles. The Kier molecular flexibility index (Phi) is 5.07. The van der Waals surface area contributed by atoms with Crippen LogP contribution in [0.5, 0.6) is 0 Å². The number of nitrogens with one attached hydrogen (secondary N) is 1. The number of alkyl halides is 3. The number of hydrogen-bond donors (Lipinski definition) is 1. The highest BCUT2D eigenvalue weighted by Crippen LogP contribution is 2.36. The third kappa shape index (κ3) is 4.29. The molecular weight excluding hydrogens is 299 g/mol. The summed E-state index contributed by atoms with van der Waals surface area (Å²) in [7, 11) is 0. The smallest absolute Gasteiger partial charge is 0.381 e. The van der Waals surface area contributed by atoms with E-state index in [-0.39, 0.29) is 5.02 Å². The van der Waals surface area contributed by atoms with Gasteiger partial charge in [-0.1, -0.05) is 38.3 Å². The summed E-state index contributed by atoms with van der Waals surface area (Å²) in [5.41, 5.74) is -0.110. The maximum Gasteiger partial charge on any atom is 0.416 e. The van der Waals surface area contributed by atoms with Crippen molar-refractivity contribution < 1.29 is 13.2 Å². The van der Waals surface area contributed by atoms with Crippen molar-refractivity contribution in [2.45, 2.75) is 51.7 Å². The Morgan fingerprint density at radius 1 is 1.24 bits per heavy atom. The van der Waals surface area contributed by atoms with Gasteiger partial charge in [-0.3, -0.25) is 0 Å². The van der Waals surface area contributed by atoms with Gasteiger partial charge in [0.05, 0.1) is 16.3 Å². The lowest BCUT2D eigenvalue weighted by atomic mass is 9.79. The number of hydrogen-bond acceptors (Lipinski definition) is 1. The van der Waals surface area contributed by atoms with Crippen LogP contribution in [0.25, 0.3) is 0 Å². The molecule has 1 saturated carbocycles. The quantitative estimate of drug-likeness (QED) is 0.722. The van der Waals surface area contributed by atoms with Crippen molar-refractivity contribution >= 4 is 17.3 Å². The van der Waals surface area contributed by atoms with Crippen molar-refractivity contribution in [3.05, 3.63) is 28.8 Å². The maximum absolute atomic E-state index is 12.6. The Labute approximate surface area is 128 Å². The van der Waals surface area contributed by atoms with Crippen LogP contribution in [0.1, 0.15) is 45.1 Å². The summed E-state index contributed by atoms with van der Waals surface area (Å²) in [5, 5.41) is 3.45. The van der Waals surface area contributed by atoms with E-state index < -0.39 is 11.7 Å². The summed E-state index contributed by atoms with van der Waals surface area (Å²) in [4.78, 5) is 0. The molecule has 5 heteroatoms. The van der Waals surface area contributed by atoms with E-state index in [9.17, 15) is 13.2 Å². The van der Waals surface area contributed by atoms with E-state index in [2.05, 4.69) is 19.2 Å². The highest BCUT2D eigenvalue weighted by molar-refractivity contribution is 6.33. The molecule has 0 heterocycles. The molecule has 2 unspecified atom stereocenters. The first-order chi connectivity index (χ1) is 9.77. The van der Waals surface area contributed by atoms with Crippen molar-refractivity contribution in [2.24, 2.45) is 11.8 Å². The van der Waals surface area contributed by atoms with E-state index in [4.69, 9.17) is 11.6 Å². The zero-order valence-electron chi connectivity index (χ0n) is 12.3. The molecule has 0 bridgehead atoms. The number of anilines is 1. The summed E-state index contributed by atoms with van der Waals surface area (Å²) < 4.78 is 37.9. The van der Waals surface area contributed by atoms with Gasteiger partial charge in [0.2, 0.25) is 0 Å². The van der Waals surface area contributed by atoms with Crippen molar-refractivity contribution in [3.63, 3.8) is 0 Å². The van der Waals surface area contributed by atoms with Gasteiger partial charge in [-0.25, -0.2) is 0 Å². The number of halogens is 4. The van der Waals surface area contributed by atoms with Crippen LogP contribution in [-0.4, -0.2) is 6.04 Å². The van der Waals surface area contributed by atoms with Crippen LogP contribution in [0.2, 0.25) is 5.02 Å². The molecule has 1 nitrogen and oxygen atoms in total. The lowest BCUT2D eigenvalue weighted by Gasteiger charge is -2.33. The second kappa shape index (κ2) is 6.47. The average molecular weight is 320 g/mol. The van der Waals surface area contributed by atoms with E-state index in [0.717, 1.165) is 31.4 Å². The van der Waals surface area contributed by atoms with Gasteiger partial charge >= 0.3 is 6.18 Å². The van der Waals surface area contributed by atoms with Gasteiger partial charge in [0.15, 0.2) is 0 Å². The Morgan fingerprint density at radius 3 is 2.52 bits per heavy atom. The normalized spacial score (nSPS) is 23.4. The molecule has 0 aromatic heterocycles. The molecule has 2 rings (SSSR count). The topological polar surface area (TPSA) is 12.0 Å². The fourth-order valence-electron chi connectivity index (χ4n) is 2.99. The highest BCUT2D eigenvalue weighted by Gasteiger charge is 2.31. The molecule has 2 atom stereocenters. The molecule has 0 radical (unpaired) electrons. The summed E-state index contributed by atoms with van der Waals surface area (Å²) in [6.07, 6.45) is 0.126. The SMILES string of the molecule is CC(C)C1CCCC(Nc2ccc(C(F)(F)F)cc2Cl)C1. The second-order valence-corrected chi connectivity index (χ2v) is 6.61. The Balaban J connectivity index is 2.06. The first-order valence-corrected chi connectivity index (χ1v) is 7.78. The van der Waals surface area contributed by atoms with Gasteiger partial charge in [-0.15, -0.1) is 0 Å². The van der Waals surface area contributed by atoms with Crippen LogP contribution in [0, 0.1) is 11.8 Å². The molecule has 118 valence electrons. The molecule has 0 amide bonds. The van der Waals surface area contributed by atoms with Crippen LogP contribution in [0.3, 0.4) is 0 Å². The van der Waals surface area contributed by atoms with Gasteiger partial charge < -0.3 is 5.32 Å². The fourth-order valence-corrected chi connectivity index (χ4v) is 3.23. The van der Waals surface area contributed by atoms with E-state index in [0.29, 0.717) is 23.6 Å². The Hall–Kier alpha value is -0.900. The lowest BCUT2D eigenvalue weighted by Crippen LogP contribution is -2.29. The molecule has 1 fully saturated rings. The summed E-state index contributed by atoms with van der Waals surface area (Å²) in [6, 6.07) is 3.80. The van der Waals surface area contributed by atoms with Crippen LogP contribution < -0.4 is 5.32 Å². The monoisotopic (exact) mass is 319 g/mol. The van der Waals surface area contributed by atoms with Gasteiger partial charge in [-0.2, -0.15) is 13.2 Å². The second-order valence-electron chi connectivity index (χ2n) is 6.20. The van der Waals surface area contributed by atoms with Gasteiger partial charge in [0.25, 0.3) is 0 Å². The largest absolute Gasteiger partial charge is 0.416 e. The molecule has 0 saturated heterocycles. The van der Waals surface area contributed by atoms with E-state index in [1.54, 1.807) is 0 Å². The minimum Gasteiger partial charge on any atom is -0.381 e. The standard InChI is InChI=1S/C16H21ClF3N/c1-10(2)11-4-3-5-13(8-11)21-15-7-6-12(9-14(15)17)16(18,19)20/h6-7,9-11,13,21H,3-5,8H2,1-2H3. The highest BCUT2D eigenvalue weighted by atomic mass is 35.5. The zero-order valence-corrected chi connectivity index (χ0v) is 13.1. The predicted molar refractivity (Wildman–Crippen MR) is 80.7 cm³/mol. The lowest BCUT2D eigenvalue weighted by molar-refractivity contribution is -0.137. The van der Waals surface area contributed by atoms with Gasteiger partial charge in [0.1, 0.15) is 0 Å². The molecule has 1 aromatic carbocycles. The van der Waals surface area contributed by atoms with Crippen LogP contribution in [0.15, 0.2) is 18.2 Å². The number of benzene rings is 1. The molecule has 0 spiro atoms. The van der Waals surface area contributed by atoms with Gasteiger partial charge in [0, 0.05) is 6.04 Å². The maximum atomic E-state index is 12.6. The van der Waals surface area contributed by atoms with E-state index in [1.165, 1.54) is 12.5 Å². The van der Waals surface area contributed by atoms with E-state index in [1.807, 2.05) is 0 Å². The first kappa shape index (κ1) is 16.5. The zero-order chi connectivity index (χ0) is 15.6. The summed E-state index contributed by atoms with van der Waals surface area (Å²) in [5.74, 6) is 1.31. The van der Waals surface area contributed by atoms with Crippen molar-refractivity contribution in [2.75, 3.05) is 5.32 Å². The predicted octanol–water partition coefficient (Wildman–Crippen LogP) is 5.99. The minimum absolute atomic E-state index is 0.136. The third-order valence-corrected chi connectivity index (χ3v) is 4.63. The first-order valence-electron chi connectivity index (χ1n) is 7.40. The van der Waals surface area contributed by atoms with Crippen molar-refractivity contribution in [1.82, 2.24) is 0 Å². The molecule has 21 heavy (non-hydrogen) atoms. The Morgan fingerprint density at radius 2 is 1.95 bits per heavy atom. The molecule has 0 aliphatic heterocycles. The Bertz CT molecular complexity index is 485. The van der Waals surface area contributed by atoms with Crippen LogP contribution >= 0.6 is 11.6 Å². The summed E-state index contributed by atoms with van der Waals surface area (Å²) >= 11 is 5.99. The van der Waals surface area contributed by atoms with Crippen LogP contribution in [-0.2, 0) is 6.18 Å². The van der Waals surface area contributed by atoms with Gasteiger partial charge in [-0.05, 0) is 42.9 Å². The average Bonchev–Trinajstić information content (AvgIpc) is 2.40. The third-order valence-electron chi connectivity index (χ3n) is 4.31. The van der Waals surface area contributed by atoms with Crippen molar-refractivity contribution in [1.29, 1.82) is 0 Å². The van der Waals surface area contributed by atoms with Crippen LogP contribution in [0.4, 0.5) is 18.9 Å². The van der Waals surface area contributed by atoms with Crippen molar-refractivity contribution in [3.8, 4) is 0 Å². The van der Waals surface area contributed by atoms with E-state index >= 15 is 0 Å².